The fraction of sp³-hybridized carbons (Fsp3) is 0.185. The van der Waals surface area contributed by atoms with E-state index >= 15 is 0 Å². The smallest absolute Gasteiger partial charge is 0.250 e. The van der Waals surface area contributed by atoms with E-state index in [1.807, 2.05) is 62.4 Å². The highest BCUT2D eigenvalue weighted by atomic mass is 16.5. The van der Waals surface area contributed by atoms with E-state index in [2.05, 4.69) is 36.1 Å². The second kappa shape index (κ2) is 11.7. The van der Waals surface area contributed by atoms with Gasteiger partial charge in [-0.1, -0.05) is 35.4 Å². The number of hydrazone groups is 1. The molecule has 0 unspecified atom stereocenters. The van der Waals surface area contributed by atoms with Crippen LogP contribution in [-0.2, 0) is 0 Å². The number of aryl methyl sites for hydroxylation is 2. The highest BCUT2D eigenvalue weighted by Crippen LogP contribution is 2.37. The summed E-state index contributed by atoms with van der Waals surface area (Å²) in [7, 11) is 4.68. The Bertz CT molecular complexity index is 1280. The Morgan fingerprint density at radius 3 is 1.54 bits per heavy atom. The fourth-order valence-electron chi connectivity index (χ4n) is 3.41. The minimum absolute atomic E-state index is 0.253. The fourth-order valence-corrected chi connectivity index (χ4v) is 3.41. The normalized spacial score (nSPS) is 10.7. The Morgan fingerprint density at radius 1 is 0.649 bits per heavy atom. The summed E-state index contributed by atoms with van der Waals surface area (Å²) in [6.07, 6.45) is 1.61. The van der Waals surface area contributed by atoms with Crippen molar-refractivity contribution in [1.82, 2.24) is 15.0 Å². The average molecular weight is 500 g/mol. The van der Waals surface area contributed by atoms with Gasteiger partial charge in [0.15, 0.2) is 11.5 Å². The zero-order valence-electron chi connectivity index (χ0n) is 21.4. The van der Waals surface area contributed by atoms with Crippen LogP contribution in [0.3, 0.4) is 0 Å². The molecular formula is C27H29N7O3. The van der Waals surface area contributed by atoms with Crippen LogP contribution < -0.4 is 30.3 Å². The van der Waals surface area contributed by atoms with E-state index in [0.29, 0.717) is 29.1 Å². The maximum Gasteiger partial charge on any atom is 0.250 e. The van der Waals surface area contributed by atoms with E-state index < -0.39 is 0 Å². The van der Waals surface area contributed by atoms with Crippen molar-refractivity contribution in [2.45, 2.75) is 13.8 Å². The third kappa shape index (κ3) is 6.63. The SMILES string of the molecule is COc1cc(C=NNc2nc(Nc3ccc(C)cc3)nc(Nc3ccc(C)cc3)n2)cc(OC)c1OC. The number of ether oxygens (including phenoxy) is 3. The van der Waals surface area contributed by atoms with Crippen molar-refractivity contribution in [1.29, 1.82) is 0 Å². The topological polar surface area (TPSA) is 115 Å². The van der Waals surface area contributed by atoms with Crippen LogP contribution in [0.2, 0.25) is 0 Å². The van der Waals surface area contributed by atoms with E-state index in [-0.39, 0.29) is 5.95 Å². The summed E-state index contributed by atoms with van der Waals surface area (Å²) in [4.78, 5) is 13.4. The number of methoxy groups -OCH3 is 3. The van der Waals surface area contributed by atoms with E-state index in [9.17, 15) is 0 Å². The van der Waals surface area contributed by atoms with Crippen LogP contribution in [0.5, 0.6) is 17.2 Å². The van der Waals surface area contributed by atoms with Gasteiger partial charge in [-0.3, -0.25) is 0 Å². The number of nitrogens with one attached hydrogen (secondary N) is 3. The average Bonchev–Trinajstić information content (AvgIpc) is 2.90. The second-order valence-corrected chi connectivity index (χ2v) is 8.12. The summed E-state index contributed by atoms with van der Waals surface area (Å²) in [5.74, 6) is 2.53. The molecular weight excluding hydrogens is 470 g/mol. The molecule has 37 heavy (non-hydrogen) atoms. The lowest BCUT2D eigenvalue weighted by Crippen LogP contribution is -2.07. The van der Waals surface area contributed by atoms with Crippen LogP contribution in [0.1, 0.15) is 16.7 Å². The summed E-state index contributed by atoms with van der Waals surface area (Å²) in [5, 5.41) is 10.7. The molecule has 10 nitrogen and oxygen atoms in total. The minimum atomic E-state index is 0.253. The van der Waals surface area contributed by atoms with Gasteiger partial charge in [-0.2, -0.15) is 20.1 Å². The molecule has 0 aliphatic heterocycles. The largest absolute Gasteiger partial charge is 0.493 e. The molecule has 1 heterocycles. The highest BCUT2D eigenvalue weighted by Gasteiger charge is 2.12. The van der Waals surface area contributed by atoms with E-state index in [1.165, 1.54) is 0 Å². The molecule has 0 aliphatic carbocycles. The van der Waals surface area contributed by atoms with Crippen LogP contribution in [0.25, 0.3) is 0 Å². The maximum absolute atomic E-state index is 5.41. The lowest BCUT2D eigenvalue weighted by atomic mass is 10.2. The van der Waals surface area contributed by atoms with Crippen LogP contribution in [0.4, 0.5) is 29.2 Å². The highest BCUT2D eigenvalue weighted by molar-refractivity contribution is 5.83. The molecule has 4 rings (SSSR count). The van der Waals surface area contributed by atoms with Gasteiger partial charge in [0.05, 0.1) is 27.5 Å². The molecule has 3 aromatic carbocycles. The standard InChI is InChI=1S/C27H29N7O3/c1-17-6-10-20(11-7-17)29-25-31-26(30-21-12-8-18(2)9-13-21)33-27(32-25)34-28-16-19-14-22(35-3)24(37-5)23(15-19)36-4/h6-16H,1-5H3,(H3,29,30,31,32,33,34). The summed E-state index contributed by atoms with van der Waals surface area (Å²) in [5.41, 5.74) is 7.63. The Hall–Kier alpha value is -4.86. The molecule has 0 saturated heterocycles. The molecule has 3 N–H and O–H groups in total. The van der Waals surface area contributed by atoms with Gasteiger partial charge in [0.25, 0.3) is 0 Å². The van der Waals surface area contributed by atoms with E-state index in [0.717, 1.165) is 28.1 Å². The Morgan fingerprint density at radius 2 is 1.11 bits per heavy atom. The number of hydrogen-bond acceptors (Lipinski definition) is 10. The van der Waals surface area contributed by atoms with Gasteiger partial charge in [0.2, 0.25) is 23.6 Å². The number of benzene rings is 3. The van der Waals surface area contributed by atoms with Crippen molar-refractivity contribution in [3.63, 3.8) is 0 Å². The van der Waals surface area contributed by atoms with Gasteiger partial charge in [0.1, 0.15) is 0 Å². The maximum atomic E-state index is 5.41. The number of aromatic nitrogens is 3. The molecule has 0 saturated carbocycles. The zero-order chi connectivity index (χ0) is 26.2. The molecule has 190 valence electrons. The monoisotopic (exact) mass is 499 g/mol. The first-order valence-corrected chi connectivity index (χ1v) is 11.5. The predicted molar refractivity (Wildman–Crippen MR) is 146 cm³/mol. The first-order valence-electron chi connectivity index (χ1n) is 11.5. The number of rotatable bonds is 10. The first kappa shape index (κ1) is 25.2. The molecule has 10 heteroatoms. The van der Waals surface area contributed by atoms with Crippen molar-refractivity contribution >= 4 is 35.4 Å². The Labute approximate surface area is 215 Å². The third-order valence-corrected chi connectivity index (χ3v) is 5.32. The van der Waals surface area contributed by atoms with Gasteiger partial charge in [0, 0.05) is 16.9 Å². The molecule has 0 spiro atoms. The van der Waals surface area contributed by atoms with E-state index in [4.69, 9.17) is 14.2 Å². The number of nitrogens with zero attached hydrogens (tertiary/aromatic N) is 4. The molecule has 1 aromatic heterocycles. The number of hydrogen-bond donors (Lipinski definition) is 3. The summed E-state index contributed by atoms with van der Waals surface area (Å²) < 4.78 is 16.2. The van der Waals surface area contributed by atoms with Crippen LogP contribution in [0.15, 0.2) is 65.8 Å². The van der Waals surface area contributed by atoms with Crippen molar-refractivity contribution in [2.24, 2.45) is 5.10 Å². The lowest BCUT2D eigenvalue weighted by molar-refractivity contribution is 0.324. The minimum Gasteiger partial charge on any atom is -0.493 e. The number of anilines is 5. The van der Waals surface area contributed by atoms with Gasteiger partial charge in [-0.25, -0.2) is 5.43 Å². The van der Waals surface area contributed by atoms with Crippen molar-refractivity contribution in [3.05, 3.63) is 77.4 Å². The molecule has 0 aliphatic rings. The van der Waals surface area contributed by atoms with Gasteiger partial charge >= 0.3 is 0 Å². The summed E-state index contributed by atoms with van der Waals surface area (Å²) in [6, 6.07) is 19.5. The van der Waals surface area contributed by atoms with Crippen molar-refractivity contribution in [2.75, 3.05) is 37.4 Å². The van der Waals surface area contributed by atoms with Crippen LogP contribution in [-0.4, -0.2) is 42.5 Å². The molecule has 0 bridgehead atoms. The Kier molecular flexibility index (Phi) is 7.99. The van der Waals surface area contributed by atoms with Crippen molar-refractivity contribution < 1.29 is 14.2 Å². The molecule has 0 radical (unpaired) electrons. The van der Waals surface area contributed by atoms with Gasteiger partial charge in [-0.15, -0.1) is 0 Å². The van der Waals surface area contributed by atoms with Crippen molar-refractivity contribution in [3.8, 4) is 17.2 Å². The molecule has 0 atom stereocenters. The van der Waals surface area contributed by atoms with Gasteiger partial charge in [-0.05, 0) is 50.2 Å². The van der Waals surface area contributed by atoms with Gasteiger partial charge < -0.3 is 24.8 Å². The second-order valence-electron chi connectivity index (χ2n) is 8.12. The third-order valence-electron chi connectivity index (χ3n) is 5.32. The summed E-state index contributed by atoms with van der Waals surface area (Å²) in [6.45, 7) is 4.06. The predicted octanol–water partition coefficient (Wildman–Crippen LogP) is 5.45. The molecule has 0 fully saturated rings. The molecule has 0 amide bonds. The summed E-state index contributed by atoms with van der Waals surface area (Å²) >= 11 is 0. The first-order chi connectivity index (χ1) is 18.0. The molecule has 4 aromatic rings. The van der Waals surface area contributed by atoms with Crippen LogP contribution in [0, 0.1) is 13.8 Å². The van der Waals surface area contributed by atoms with Crippen LogP contribution >= 0.6 is 0 Å². The quantitative estimate of drug-likeness (QED) is 0.194. The van der Waals surface area contributed by atoms with E-state index in [1.54, 1.807) is 39.7 Å². The Balaban J connectivity index is 1.60. The zero-order valence-corrected chi connectivity index (χ0v) is 21.4. The lowest BCUT2D eigenvalue weighted by Gasteiger charge is -2.12.